The van der Waals surface area contributed by atoms with Crippen LogP contribution >= 0.6 is 12.4 Å². The summed E-state index contributed by atoms with van der Waals surface area (Å²) in [7, 11) is 0.308. The molecule has 194 valence electrons. The highest BCUT2D eigenvalue weighted by Crippen LogP contribution is 2.36. The largest absolute Gasteiger partial charge is 0.493 e. The lowest BCUT2D eigenvalue weighted by atomic mass is 9.82. The number of nitrogens with one attached hydrogen (secondary N) is 1. The van der Waals surface area contributed by atoms with Gasteiger partial charge in [-0.2, -0.15) is 4.31 Å². The molecule has 1 aromatic carbocycles. The minimum Gasteiger partial charge on any atom is -0.493 e. The van der Waals surface area contributed by atoms with Gasteiger partial charge in [-0.25, -0.2) is 13.9 Å². The molecule has 0 spiro atoms. The molecule has 2 aromatic rings. The Kier molecular flexibility index (Phi) is 10.7. The number of hydrogen-bond acceptors (Lipinski definition) is 8. The second-order valence-electron chi connectivity index (χ2n) is 8.12. The summed E-state index contributed by atoms with van der Waals surface area (Å²) in [6, 6.07) is 6.52. The molecule has 0 aliphatic heterocycles. The fourth-order valence-corrected chi connectivity index (χ4v) is 6.05. The van der Waals surface area contributed by atoms with Gasteiger partial charge in [0, 0.05) is 32.1 Å². The van der Waals surface area contributed by atoms with E-state index in [1.807, 2.05) is 0 Å². The van der Waals surface area contributed by atoms with Gasteiger partial charge in [0.15, 0.2) is 11.5 Å². The van der Waals surface area contributed by atoms with Crippen molar-refractivity contribution in [3.63, 3.8) is 0 Å². The second kappa shape index (κ2) is 13.0. The second-order valence-corrected chi connectivity index (χ2v) is 10.0. The molecule has 0 radical (unpaired) electrons. The average molecular weight is 530 g/mol. The summed E-state index contributed by atoms with van der Waals surface area (Å²) in [5.74, 6) is -0.463. The van der Waals surface area contributed by atoms with Crippen molar-refractivity contribution in [3.8, 4) is 11.5 Å². The zero-order chi connectivity index (χ0) is 24.7. The van der Waals surface area contributed by atoms with Gasteiger partial charge in [-0.15, -0.1) is 12.4 Å². The van der Waals surface area contributed by atoms with Gasteiger partial charge < -0.3 is 14.2 Å². The highest BCUT2D eigenvalue weighted by Gasteiger charge is 2.42. The summed E-state index contributed by atoms with van der Waals surface area (Å²) in [5.41, 5.74) is 2.34. The minimum atomic E-state index is -4.21. The van der Waals surface area contributed by atoms with Gasteiger partial charge in [-0.1, -0.05) is 0 Å². The summed E-state index contributed by atoms with van der Waals surface area (Å²) in [6.07, 6.45) is 5.70. The first kappa shape index (κ1) is 28.8. The Morgan fingerprint density at radius 1 is 1.09 bits per heavy atom. The maximum atomic E-state index is 14.0. The average Bonchev–Trinajstić information content (AvgIpc) is 2.88. The number of carbonyl (C=O) groups is 1. The smallest absolute Gasteiger partial charge is 0.262 e. The first-order chi connectivity index (χ1) is 16.3. The predicted molar refractivity (Wildman–Crippen MR) is 130 cm³/mol. The van der Waals surface area contributed by atoms with Crippen molar-refractivity contribution in [1.82, 2.24) is 14.8 Å². The summed E-state index contributed by atoms with van der Waals surface area (Å²) in [6.45, 7) is -0.0819. The van der Waals surface area contributed by atoms with Gasteiger partial charge in [0.05, 0.1) is 25.2 Å². The first-order valence-electron chi connectivity index (χ1n) is 10.9. The van der Waals surface area contributed by atoms with Crippen molar-refractivity contribution in [2.45, 2.75) is 49.3 Å². The molecule has 1 heterocycles. The fourth-order valence-electron chi connectivity index (χ4n) is 4.40. The van der Waals surface area contributed by atoms with Crippen LogP contribution in [0.1, 0.15) is 31.2 Å². The number of hydrogen-bond donors (Lipinski definition) is 2. The van der Waals surface area contributed by atoms with Crippen LogP contribution in [0.4, 0.5) is 0 Å². The highest BCUT2D eigenvalue weighted by molar-refractivity contribution is 7.89. The number of pyridine rings is 1. The van der Waals surface area contributed by atoms with E-state index in [-0.39, 0.29) is 41.6 Å². The van der Waals surface area contributed by atoms with E-state index < -0.39 is 22.0 Å². The molecule has 1 amide bonds. The molecule has 1 fully saturated rings. The van der Waals surface area contributed by atoms with Crippen molar-refractivity contribution < 1.29 is 32.6 Å². The number of benzene rings is 1. The lowest BCUT2D eigenvalue weighted by molar-refractivity contribution is -0.136. The minimum absolute atomic E-state index is 0. The molecule has 1 aliphatic carbocycles. The van der Waals surface area contributed by atoms with Crippen molar-refractivity contribution >= 4 is 28.3 Å². The molecule has 1 saturated carbocycles. The molecule has 2 N–H and O–H groups in total. The van der Waals surface area contributed by atoms with Gasteiger partial charge >= 0.3 is 0 Å². The van der Waals surface area contributed by atoms with E-state index in [9.17, 15) is 18.4 Å². The van der Waals surface area contributed by atoms with E-state index in [0.29, 0.717) is 37.0 Å². The van der Waals surface area contributed by atoms with Crippen LogP contribution < -0.4 is 15.0 Å². The van der Waals surface area contributed by atoms with E-state index in [2.05, 4.69) is 4.98 Å². The maximum Gasteiger partial charge on any atom is 0.262 e. The summed E-state index contributed by atoms with van der Waals surface area (Å²) < 4.78 is 45.0. The van der Waals surface area contributed by atoms with Gasteiger partial charge in [-0.05, 0) is 61.4 Å². The zero-order valence-corrected chi connectivity index (χ0v) is 21.5. The van der Waals surface area contributed by atoms with Crippen LogP contribution in [0.25, 0.3) is 0 Å². The van der Waals surface area contributed by atoms with E-state index in [4.69, 9.17) is 14.2 Å². The van der Waals surface area contributed by atoms with Crippen molar-refractivity contribution in [1.29, 1.82) is 0 Å². The number of aromatic nitrogens is 1. The lowest BCUT2D eigenvalue weighted by Gasteiger charge is -2.38. The third-order valence-corrected chi connectivity index (χ3v) is 8.06. The number of amides is 1. The van der Waals surface area contributed by atoms with Crippen molar-refractivity contribution in [3.05, 3.63) is 48.3 Å². The third-order valence-electron chi connectivity index (χ3n) is 6.24. The molecule has 12 heteroatoms. The topological polar surface area (TPSA) is 127 Å². The van der Waals surface area contributed by atoms with Gasteiger partial charge in [0.2, 0.25) is 10.0 Å². The van der Waals surface area contributed by atoms with Gasteiger partial charge in [0.1, 0.15) is 6.04 Å². The molecule has 0 saturated heterocycles. The molecule has 1 atom stereocenters. The SMILES string of the molecule is COc1ccc(S(=O)(=O)N(Cc2ccncc2)C(C(=O)NO)[C@H]2CC[C@H](OC)CC2)cc1OC.Cl. The van der Waals surface area contributed by atoms with Crippen molar-refractivity contribution in [2.75, 3.05) is 21.3 Å². The molecule has 35 heavy (non-hydrogen) atoms. The van der Waals surface area contributed by atoms with Gasteiger partial charge in [-0.3, -0.25) is 15.0 Å². The molecular weight excluding hydrogens is 498 g/mol. The Labute approximate surface area is 212 Å². The maximum absolute atomic E-state index is 14.0. The summed E-state index contributed by atoms with van der Waals surface area (Å²) >= 11 is 0. The number of carbonyl (C=O) groups excluding carboxylic acids is 1. The van der Waals surface area contributed by atoms with Crippen LogP contribution in [0, 0.1) is 5.92 Å². The molecule has 3 rings (SSSR count). The summed E-state index contributed by atoms with van der Waals surface area (Å²) in [5, 5.41) is 9.54. The number of ether oxygens (including phenoxy) is 3. The Balaban J connectivity index is 0.00000432. The first-order valence-corrected chi connectivity index (χ1v) is 12.4. The van der Waals surface area contributed by atoms with Crippen LogP contribution in [-0.4, -0.2) is 62.3 Å². The van der Waals surface area contributed by atoms with Crippen LogP contribution in [-0.2, 0) is 26.1 Å². The highest BCUT2D eigenvalue weighted by atomic mass is 35.5. The van der Waals surface area contributed by atoms with Crippen LogP contribution in [0.3, 0.4) is 0 Å². The monoisotopic (exact) mass is 529 g/mol. The van der Waals surface area contributed by atoms with Crippen LogP contribution in [0.5, 0.6) is 11.5 Å². The molecular formula is C23H32ClN3O7S. The zero-order valence-electron chi connectivity index (χ0n) is 19.9. The summed E-state index contributed by atoms with van der Waals surface area (Å²) in [4.78, 5) is 16.9. The number of hydroxylamine groups is 1. The number of halogens is 1. The quantitative estimate of drug-likeness (QED) is 0.355. The molecule has 0 bridgehead atoms. The van der Waals surface area contributed by atoms with E-state index in [1.54, 1.807) is 37.1 Å². The molecule has 10 nitrogen and oxygen atoms in total. The molecule has 1 aliphatic rings. The number of methoxy groups -OCH3 is 3. The number of sulfonamides is 1. The van der Waals surface area contributed by atoms with Crippen LogP contribution in [0.15, 0.2) is 47.6 Å². The van der Waals surface area contributed by atoms with Gasteiger partial charge in [0.25, 0.3) is 5.91 Å². The molecule has 1 unspecified atom stereocenters. The lowest BCUT2D eigenvalue weighted by Crippen LogP contribution is -2.53. The number of nitrogens with zero attached hydrogens (tertiary/aromatic N) is 2. The standard InChI is InChI=1S/C23H31N3O7S.ClH/c1-31-18-6-4-17(5-7-18)22(23(27)25-28)26(15-16-10-12-24-13-11-16)34(29,30)19-8-9-20(32-2)21(14-19)33-3;/h8-14,17-18,22,28H,4-7,15H2,1-3H3,(H,25,27);1H/t17-,18-,22?;. The fraction of sp³-hybridized carbons (Fsp3) is 0.478. The Morgan fingerprint density at radius 3 is 2.26 bits per heavy atom. The van der Waals surface area contributed by atoms with Crippen LogP contribution in [0.2, 0.25) is 0 Å². The van der Waals surface area contributed by atoms with E-state index in [0.717, 1.165) is 4.31 Å². The Hall–Kier alpha value is -2.44. The molecule has 1 aromatic heterocycles. The normalized spacial score (nSPS) is 18.9. The van der Waals surface area contributed by atoms with Crippen molar-refractivity contribution in [2.24, 2.45) is 5.92 Å². The van der Waals surface area contributed by atoms with E-state index >= 15 is 0 Å². The van der Waals surface area contributed by atoms with E-state index in [1.165, 1.54) is 32.4 Å². The number of rotatable bonds is 10. The third kappa shape index (κ3) is 6.62. The Morgan fingerprint density at radius 2 is 1.71 bits per heavy atom. The predicted octanol–water partition coefficient (Wildman–Crippen LogP) is 2.79. The Bertz CT molecular complexity index is 1060.